The highest BCUT2D eigenvalue weighted by atomic mass is 79.9. The molecule has 3 aromatic heterocycles. The van der Waals surface area contributed by atoms with Gasteiger partial charge in [-0.3, -0.25) is 0 Å². The van der Waals surface area contributed by atoms with E-state index < -0.39 is 16.7 Å². The molecule has 3 rings (SSSR count). The van der Waals surface area contributed by atoms with Crippen molar-refractivity contribution in [1.29, 1.82) is 0 Å². The number of hydrogen-bond acceptors (Lipinski definition) is 8. The number of hydrogen-bond donors (Lipinski definition) is 2. The van der Waals surface area contributed by atoms with Crippen LogP contribution in [-0.4, -0.2) is 55.4 Å². The third-order valence-corrected chi connectivity index (χ3v) is 5.39. The number of pyridine rings is 1. The summed E-state index contributed by atoms with van der Waals surface area (Å²) in [5, 5.41) is 0.389. The van der Waals surface area contributed by atoms with Crippen LogP contribution in [-0.2, 0) is 10.0 Å². The van der Waals surface area contributed by atoms with Gasteiger partial charge in [0.05, 0.1) is 13.7 Å². The lowest BCUT2D eigenvalue weighted by Gasteiger charge is -2.14. The normalized spacial score (nSPS) is 11.4. The van der Waals surface area contributed by atoms with E-state index in [0.717, 1.165) is 0 Å². The quantitative estimate of drug-likeness (QED) is 0.439. The van der Waals surface area contributed by atoms with E-state index in [9.17, 15) is 12.8 Å². The average molecular weight is 490 g/mol. The lowest BCUT2D eigenvalue weighted by molar-refractivity contribution is 0.231. The molecule has 0 aliphatic carbocycles. The topological polar surface area (TPSA) is 128 Å². The number of rotatable bonds is 9. The number of fused-ring (bicyclic) bond motifs is 1. The highest BCUT2D eigenvalue weighted by Gasteiger charge is 2.24. The summed E-state index contributed by atoms with van der Waals surface area (Å²) in [5.41, 5.74) is 0.392. The van der Waals surface area contributed by atoms with Crippen LogP contribution < -0.4 is 18.9 Å². The molecule has 0 bridgehead atoms. The van der Waals surface area contributed by atoms with Crippen molar-refractivity contribution in [3.8, 4) is 17.5 Å². The van der Waals surface area contributed by atoms with Crippen LogP contribution in [0.4, 0.5) is 10.3 Å². The molecule has 156 valence electrons. The minimum Gasteiger partial charge on any atom is -0.481 e. The molecular formula is C16H17BrFN5O5S. The van der Waals surface area contributed by atoms with Gasteiger partial charge in [0.15, 0.2) is 0 Å². The van der Waals surface area contributed by atoms with Gasteiger partial charge in [-0.15, -0.1) is 0 Å². The minimum atomic E-state index is -4.07. The number of ether oxygens (including phenoxy) is 3. The van der Waals surface area contributed by atoms with Crippen molar-refractivity contribution in [2.45, 2.75) is 11.8 Å². The summed E-state index contributed by atoms with van der Waals surface area (Å²) in [4.78, 5) is 15.0. The van der Waals surface area contributed by atoms with E-state index in [1.54, 1.807) is 19.1 Å². The van der Waals surface area contributed by atoms with Gasteiger partial charge < -0.3 is 19.2 Å². The Morgan fingerprint density at radius 2 is 1.97 bits per heavy atom. The summed E-state index contributed by atoms with van der Waals surface area (Å²) in [6, 6.07) is 3.23. The zero-order valence-corrected chi connectivity index (χ0v) is 17.8. The van der Waals surface area contributed by atoms with Crippen LogP contribution in [0.15, 0.2) is 27.8 Å². The van der Waals surface area contributed by atoms with Gasteiger partial charge in [-0.25, -0.2) is 22.5 Å². The Morgan fingerprint density at radius 3 is 2.66 bits per heavy atom. The van der Waals surface area contributed by atoms with Gasteiger partial charge >= 0.3 is 0 Å². The van der Waals surface area contributed by atoms with E-state index in [2.05, 4.69) is 40.6 Å². The Kier molecular flexibility index (Phi) is 6.37. The van der Waals surface area contributed by atoms with Crippen molar-refractivity contribution in [2.75, 3.05) is 31.7 Å². The summed E-state index contributed by atoms with van der Waals surface area (Å²) >= 11 is 3.23. The zero-order chi connectivity index (χ0) is 21.0. The number of nitrogens with zero attached hydrogens (tertiary/aromatic N) is 3. The first-order valence-corrected chi connectivity index (χ1v) is 10.6. The smallest absolute Gasteiger partial charge is 0.266 e. The standard InChI is InChI=1S/C16H17BrFN5O5S/c1-3-27-15-12(28-7-6-18)14(26-2)21-16(22-15)23-29(24,25)10-8-19-13-9(10)4-5-11(17)20-13/h4-5,8H,3,6-7H2,1-2H3,(H,19,20)(H,21,22,23). The molecule has 0 fully saturated rings. The predicted molar refractivity (Wildman–Crippen MR) is 106 cm³/mol. The molecule has 3 heterocycles. The Hall–Kier alpha value is -2.67. The molecular weight excluding hydrogens is 473 g/mol. The molecule has 0 radical (unpaired) electrons. The number of methoxy groups -OCH3 is 1. The van der Waals surface area contributed by atoms with Gasteiger partial charge in [-0.1, -0.05) is 0 Å². The number of anilines is 1. The summed E-state index contributed by atoms with van der Waals surface area (Å²) in [6.45, 7) is 0.909. The Bertz CT molecular complexity index is 1120. The van der Waals surface area contributed by atoms with Crippen LogP contribution in [0.5, 0.6) is 17.5 Å². The molecule has 0 unspecified atom stereocenters. The van der Waals surface area contributed by atoms with Crippen LogP contribution in [0.1, 0.15) is 6.92 Å². The summed E-state index contributed by atoms with van der Waals surface area (Å²) in [6.07, 6.45) is 1.31. The second-order valence-corrected chi connectivity index (χ2v) is 7.91. The molecule has 0 amide bonds. The lowest BCUT2D eigenvalue weighted by Crippen LogP contribution is -2.16. The maximum absolute atomic E-state index is 12.9. The highest BCUT2D eigenvalue weighted by molar-refractivity contribution is 9.10. The molecule has 10 nitrogen and oxygen atoms in total. The Balaban J connectivity index is 2.00. The maximum atomic E-state index is 12.9. The van der Waals surface area contributed by atoms with Gasteiger partial charge in [0.2, 0.25) is 11.7 Å². The van der Waals surface area contributed by atoms with Gasteiger partial charge in [0.25, 0.3) is 21.8 Å². The number of aromatic amines is 1. The largest absolute Gasteiger partial charge is 0.481 e. The molecule has 0 spiro atoms. The molecule has 13 heteroatoms. The van der Waals surface area contributed by atoms with Crippen molar-refractivity contribution in [1.82, 2.24) is 19.9 Å². The number of aromatic nitrogens is 4. The van der Waals surface area contributed by atoms with E-state index >= 15 is 0 Å². The predicted octanol–water partition coefficient (Wildman–Crippen LogP) is 2.67. The second kappa shape index (κ2) is 8.78. The molecule has 0 aromatic carbocycles. The molecule has 0 aliphatic rings. The summed E-state index contributed by atoms with van der Waals surface area (Å²) < 4.78 is 56.8. The van der Waals surface area contributed by atoms with Crippen LogP contribution in [0.3, 0.4) is 0 Å². The number of halogens is 2. The molecule has 0 atom stereocenters. The lowest BCUT2D eigenvalue weighted by atomic mass is 10.3. The van der Waals surface area contributed by atoms with Crippen LogP contribution in [0, 0.1) is 0 Å². The van der Waals surface area contributed by atoms with E-state index in [-0.39, 0.29) is 41.6 Å². The van der Waals surface area contributed by atoms with Crippen molar-refractivity contribution >= 4 is 42.9 Å². The van der Waals surface area contributed by atoms with Crippen LogP contribution in [0.2, 0.25) is 0 Å². The first-order valence-electron chi connectivity index (χ1n) is 8.33. The van der Waals surface area contributed by atoms with Crippen molar-refractivity contribution in [3.05, 3.63) is 22.9 Å². The summed E-state index contributed by atoms with van der Waals surface area (Å²) in [7, 11) is -2.76. The first-order chi connectivity index (χ1) is 13.9. The molecule has 0 aliphatic heterocycles. The third-order valence-electron chi connectivity index (χ3n) is 3.58. The SMILES string of the molecule is CCOc1nc(NS(=O)(=O)c2c[nH]c3nc(Br)ccc23)nc(OC)c1OCCF. The molecule has 2 N–H and O–H groups in total. The maximum Gasteiger partial charge on any atom is 0.266 e. The minimum absolute atomic E-state index is 0.0175. The van der Waals surface area contributed by atoms with E-state index in [1.165, 1.54) is 13.3 Å². The van der Waals surface area contributed by atoms with Gasteiger partial charge in [0.1, 0.15) is 28.4 Å². The fraction of sp³-hybridized carbons (Fsp3) is 0.312. The Morgan fingerprint density at radius 1 is 1.21 bits per heavy atom. The second-order valence-electron chi connectivity index (χ2n) is 5.45. The molecule has 0 saturated carbocycles. The fourth-order valence-electron chi connectivity index (χ4n) is 2.45. The highest BCUT2D eigenvalue weighted by Crippen LogP contribution is 2.36. The number of sulfonamides is 1. The number of nitrogens with one attached hydrogen (secondary N) is 2. The Labute approximate surface area is 174 Å². The van der Waals surface area contributed by atoms with E-state index in [0.29, 0.717) is 15.6 Å². The van der Waals surface area contributed by atoms with Gasteiger partial charge in [-0.2, -0.15) is 9.97 Å². The zero-order valence-electron chi connectivity index (χ0n) is 15.4. The van der Waals surface area contributed by atoms with Gasteiger partial charge in [-0.05, 0) is 35.0 Å². The fourth-order valence-corrected chi connectivity index (χ4v) is 3.87. The van der Waals surface area contributed by atoms with Gasteiger partial charge in [0, 0.05) is 11.6 Å². The summed E-state index contributed by atoms with van der Waals surface area (Å²) in [5.74, 6) is -0.484. The van der Waals surface area contributed by atoms with E-state index in [1.807, 2.05) is 0 Å². The number of H-pyrrole nitrogens is 1. The van der Waals surface area contributed by atoms with Crippen molar-refractivity contribution in [2.24, 2.45) is 0 Å². The van der Waals surface area contributed by atoms with Crippen LogP contribution >= 0.6 is 15.9 Å². The van der Waals surface area contributed by atoms with Crippen molar-refractivity contribution < 1.29 is 27.0 Å². The third kappa shape index (κ3) is 4.50. The molecule has 3 aromatic rings. The average Bonchev–Trinajstić information content (AvgIpc) is 3.10. The van der Waals surface area contributed by atoms with E-state index in [4.69, 9.17) is 14.2 Å². The molecule has 0 saturated heterocycles. The first kappa shape index (κ1) is 21.0. The molecule has 29 heavy (non-hydrogen) atoms. The van der Waals surface area contributed by atoms with Crippen LogP contribution in [0.25, 0.3) is 11.0 Å². The monoisotopic (exact) mass is 489 g/mol. The number of alkyl halides is 1. The van der Waals surface area contributed by atoms with Crippen molar-refractivity contribution in [3.63, 3.8) is 0 Å².